The highest BCUT2D eigenvalue weighted by Crippen LogP contribution is 2.25. The van der Waals surface area contributed by atoms with Crippen molar-refractivity contribution in [2.24, 2.45) is 5.41 Å². The van der Waals surface area contributed by atoms with Gasteiger partial charge in [0.1, 0.15) is 11.6 Å². The average molecular weight is 243 g/mol. The first-order valence-corrected chi connectivity index (χ1v) is 5.48. The van der Waals surface area contributed by atoms with Gasteiger partial charge in [0.2, 0.25) is 0 Å². The first-order chi connectivity index (χ1) is 8.13. The molecule has 17 heavy (non-hydrogen) atoms. The van der Waals surface area contributed by atoms with Gasteiger partial charge >= 0.3 is 0 Å². The fourth-order valence-electron chi connectivity index (χ4n) is 1.83. The van der Waals surface area contributed by atoms with Crippen LogP contribution < -0.4 is 5.32 Å². The third-order valence-electron chi connectivity index (χ3n) is 2.90. The smallest absolute Gasteiger partial charge is 0.126 e. The minimum Gasteiger partial charge on any atom is -0.396 e. The molecular formula is C12H15F2NO2. The molecule has 0 atom stereocenters. The largest absolute Gasteiger partial charge is 0.396 e. The van der Waals surface area contributed by atoms with Crippen molar-refractivity contribution < 1.29 is 18.6 Å². The number of rotatable bonds is 5. The molecular weight excluding hydrogens is 228 g/mol. The van der Waals surface area contributed by atoms with Gasteiger partial charge in [0, 0.05) is 19.2 Å². The van der Waals surface area contributed by atoms with Crippen molar-refractivity contribution in [3.63, 3.8) is 0 Å². The number of nitrogens with one attached hydrogen (secondary N) is 1. The van der Waals surface area contributed by atoms with Gasteiger partial charge < -0.3 is 15.2 Å². The molecule has 5 heteroatoms. The molecule has 1 aliphatic heterocycles. The Hall–Kier alpha value is -1.04. The molecule has 0 aliphatic carbocycles. The van der Waals surface area contributed by atoms with Gasteiger partial charge in [0.25, 0.3) is 0 Å². The molecule has 1 aromatic carbocycles. The highest BCUT2D eigenvalue weighted by atomic mass is 19.1. The summed E-state index contributed by atoms with van der Waals surface area (Å²) >= 11 is 0. The van der Waals surface area contributed by atoms with E-state index in [0.717, 1.165) is 6.07 Å². The summed E-state index contributed by atoms with van der Waals surface area (Å²) < 4.78 is 30.9. The highest BCUT2D eigenvalue weighted by molar-refractivity contribution is 5.17. The molecule has 0 radical (unpaired) electrons. The Kier molecular flexibility index (Phi) is 3.71. The van der Waals surface area contributed by atoms with Gasteiger partial charge in [-0.15, -0.1) is 0 Å². The Balaban J connectivity index is 1.85. The van der Waals surface area contributed by atoms with Crippen molar-refractivity contribution >= 4 is 0 Å². The molecule has 0 amide bonds. The van der Waals surface area contributed by atoms with Gasteiger partial charge in [0.15, 0.2) is 0 Å². The van der Waals surface area contributed by atoms with Crippen molar-refractivity contribution in [1.82, 2.24) is 5.32 Å². The first kappa shape index (κ1) is 12.4. The van der Waals surface area contributed by atoms with E-state index in [1.165, 1.54) is 12.1 Å². The third-order valence-corrected chi connectivity index (χ3v) is 2.90. The molecule has 94 valence electrons. The van der Waals surface area contributed by atoms with Gasteiger partial charge in [-0.25, -0.2) is 8.78 Å². The lowest BCUT2D eigenvalue weighted by molar-refractivity contribution is -0.134. The molecule has 1 aromatic rings. The van der Waals surface area contributed by atoms with Crippen LogP contribution >= 0.6 is 0 Å². The van der Waals surface area contributed by atoms with E-state index in [1.54, 1.807) is 0 Å². The molecule has 0 bridgehead atoms. The fraction of sp³-hybridized carbons (Fsp3) is 0.500. The maximum absolute atomic E-state index is 12.9. The maximum atomic E-state index is 12.9. The Morgan fingerprint density at radius 3 is 2.35 bits per heavy atom. The van der Waals surface area contributed by atoms with E-state index in [2.05, 4.69) is 5.32 Å². The summed E-state index contributed by atoms with van der Waals surface area (Å²) in [5.41, 5.74) is 0.321. The molecule has 1 heterocycles. The van der Waals surface area contributed by atoms with Crippen LogP contribution in [0.2, 0.25) is 0 Å². The predicted molar refractivity (Wildman–Crippen MR) is 58.4 cm³/mol. The van der Waals surface area contributed by atoms with Crippen molar-refractivity contribution in [3.05, 3.63) is 35.4 Å². The van der Waals surface area contributed by atoms with E-state index < -0.39 is 11.6 Å². The zero-order valence-electron chi connectivity index (χ0n) is 9.38. The van der Waals surface area contributed by atoms with Gasteiger partial charge in [-0.05, 0) is 17.7 Å². The second kappa shape index (κ2) is 5.08. The van der Waals surface area contributed by atoms with E-state index in [-0.39, 0.29) is 12.0 Å². The van der Waals surface area contributed by atoms with Crippen LogP contribution in [0.15, 0.2) is 18.2 Å². The van der Waals surface area contributed by atoms with Crippen LogP contribution in [0.3, 0.4) is 0 Å². The lowest BCUT2D eigenvalue weighted by Gasteiger charge is -2.40. The molecule has 0 unspecified atom stereocenters. The quantitative estimate of drug-likeness (QED) is 0.812. The normalized spacial score (nSPS) is 17.8. The number of benzene rings is 1. The van der Waals surface area contributed by atoms with Crippen LogP contribution in [0.4, 0.5) is 8.78 Å². The summed E-state index contributed by atoms with van der Waals surface area (Å²) in [6.45, 7) is 2.04. The fourth-order valence-corrected chi connectivity index (χ4v) is 1.83. The van der Waals surface area contributed by atoms with Gasteiger partial charge in [-0.2, -0.15) is 0 Å². The standard InChI is InChI=1S/C12H15F2NO2/c13-10-1-9(2-11(14)3-10)4-15-5-12(6-16)7-17-8-12/h1-3,15-16H,4-8H2. The van der Waals surface area contributed by atoms with Crippen molar-refractivity contribution in [3.8, 4) is 0 Å². The number of aliphatic hydroxyl groups is 1. The maximum Gasteiger partial charge on any atom is 0.126 e. The third kappa shape index (κ3) is 3.00. The number of halogens is 2. The van der Waals surface area contributed by atoms with Crippen LogP contribution in [-0.2, 0) is 11.3 Å². The summed E-state index contributed by atoms with van der Waals surface area (Å²) in [7, 11) is 0. The summed E-state index contributed by atoms with van der Waals surface area (Å²) in [4.78, 5) is 0. The molecule has 1 aliphatic rings. The molecule has 0 spiro atoms. The zero-order valence-corrected chi connectivity index (χ0v) is 9.38. The first-order valence-electron chi connectivity index (χ1n) is 5.48. The van der Waals surface area contributed by atoms with E-state index in [9.17, 15) is 13.9 Å². The Labute approximate surface area is 98.4 Å². The topological polar surface area (TPSA) is 41.5 Å². The second-order valence-electron chi connectivity index (χ2n) is 4.53. The summed E-state index contributed by atoms with van der Waals surface area (Å²) in [6.07, 6.45) is 0. The van der Waals surface area contributed by atoms with Crippen LogP contribution in [0, 0.1) is 17.0 Å². The summed E-state index contributed by atoms with van der Waals surface area (Å²) in [5, 5.41) is 12.3. The van der Waals surface area contributed by atoms with Crippen LogP contribution in [0.5, 0.6) is 0 Å². The Morgan fingerprint density at radius 2 is 1.88 bits per heavy atom. The second-order valence-corrected chi connectivity index (χ2v) is 4.53. The average Bonchev–Trinajstić information content (AvgIpc) is 2.20. The summed E-state index contributed by atoms with van der Waals surface area (Å²) in [6, 6.07) is 3.43. The number of hydrogen-bond acceptors (Lipinski definition) is 3. The van der Waals surface area contributed by atoms with Gasteiger partial charge in [-0.3, -0.25) is 0 Å². The number of aliphatic hydroxyl groups excluding tert-OH is 1. The van der Waals surface area contributed by atoms with Crippen molar-refractivity contribution in [1.29, 1.82) is 0 Å². The molecule has 1 saturated heterocycles. The van der Waals surface area contributed by atoms with E-state index >= 15 is 0 Å². The Morgan fingerprint density at radius 1 is 1.24 bits per heavy atom. The van der Waals surface area contributed by atoms with Gasteiger partial charge in [0.05, 0.1) is 25.2 Å². The molecule has 2 N–H and O–H groups in total. The number of ether oxygens (including phenoxy) is 1. The summed E-state index contributed by atoms with van der Waals surface area (Å²) in [5.74, 6) is -1.16. The highest BCUT2D eigenvalue weighted by Gasteiger charge is 2.37. The lowest BCUT2D eigenvalue weighted by atomic mass is 9.87. The molecule has 0 aromatic heterocycles. The minimum absolute atomic E-state index is 0.0531. The zero-order chi connectivity index (χ0) is 12.3. The SMILES string of the molecule is OCC1(CNCc2cc(F)cc(F)c2)COC1. The van der Waals surface area contributed by atoms with Crippen LogP contribution in [-0.4, -0.2) is 31.5 Å². The molecule has 2 rings (SSSR count). The predicted octanol–water partition coefficient (Wildman–Crippen LogP) is 1.06. The minimum atomic E-state index is -0.578. The van der Waals surface area contributed by atoms with Crippen LogP contribution in [0.1, 0.15) is 5.56 Å². The molecule has 0 saturated carbocycles. The Bertz CT molecular complexity index is 368. The van der Waals surface area contributed by atoms with Crippen molar-refractivity contribution in [2.45, 2.75) is 6.54 Å². The van der Waals surface area contributed by atoms with E-state index in [1.807, 2.05) is 0 Å². The molecule has 1 fully saturated rings. The monoisotopic (exact) mass is 243 g/mol. The van der Waals surface area contributed by atoms with E-state index in [0.29, 0.717) is 31.9 Å². The van der Waals surface area contributed by atoms with Crippen LogP contribution in [0.25, 0.3) is 0 Å². The van der Waals surface area contributed by atoms with E-state index in [4.69, 9.17) is 4.74 Å². The van der Waals surface area contributed by atoms with Gasteiger partial charge in [-0.1, -0.05) is 0 Å². The lowest BCUT2D eigenvalue weighted by Crippen LogP contribution is -2.52. The van der Waals surface area contributed by atoms with Crippen molar-refractivity contribution in [2.75, 3.05) is 26.4 Å². The molecule has 3 nitrogen and oxygen atoms in total. The number of hydrogen-bond donors (Lipinski definition) is 2.